The van der Waals surface area contributed by atoms with Crippen molar-refractivity contribution in [3.8, 4) is 11.5 Å². The van der Waals surface area contributed by atoms with E-state index in [0.717, 1.165) is 31.2 Å². The summed E-state index contributed by atoms with van der Waals surface area (Å²) in [5.41, 5.74) is 0.452. The lowest BCUT2D eigenvalue weighted by molar-refractivity contribution is -0.128. The van der Waals surface area contributed by atoms with Gasteiger partial charge in [-0.25, -0.2) is 0 Å². The quantitative estimate of drug-likeness (QED) is 0.851. The number of ether oxygens (including phenoxy) is 4. The molecule has 1 amide bonds. The number of amides is 1. The molecule has 1 aromatic rings. The van der Waals surface area contributed by atoms with E-state index in [1.165, 1.54) is 0 Å². The maximum absolute atomic E-state index is 13.2. The molecule has 6 nitrogen and oxygen atoms in total. The highest BCUT2D eigenvalue weighted by molar-refractivity contribution is 5.89. The first-order valence-electron chi connectivity index (χ1n) is 8.78. The zero-order chi connectivity index (χ0) is 17.9. The monoisotopic (exact) mass is 349 g/mol. The molecule has 1 saturated carbocycles. The van der Waals surface area contributed by atoms with Gasteiger partial charge in [0.1, 0.15) is 6.10 Å². The Hall–Kier alpha value is -1.79. The molecule has 1 aromatic carbocycles. The van der Waals surface area contributed by atoms with Crippen LogP contribution in [0, 0.1) is 0 Å². The summed E-state index contributed by atoms with van der Waals surface area (Å²) >= 11 is 0. The van der Waals surface area contributed by atoms with Gasteiger partial charge >= 0.3 is 0 Å². The molecule has 2 fully saturated rings. The molecule has 0 unspecified atom stereocenters. The van der Waals surface area contributed by atoms with Crippen LogP contribution in [-0.2, 0) is 19.7 Å². The van der Waals surface area contributed by atoms with Crippen molar-refractivity contribution >= 4 is 5.91 Å². The summed E-state index contributed by atoms with van der Waals surface area (Å²) in [6.45, 7) is 1.01. The first-order valence-corrected chi connectivity index (χ1v) is 8.78. The van der Waals surface area contributed by atoms with Crippen molar-refractivity contribution in [1.82, 2.24) is 5.32 Å². The number of hydrogen-bond donors (Lipinski definition) is 1. The molecule has 0 aromatic heterocycles. The molecular weight excluding hydrogens is 322 g/mol. The summed E-state index contributed by atoms with van der Waals surface area (Å²) < 4.78 is 21.6. The van der Waals surface area contributed by atoms with Gasteiger partial charge in [-0.2, -0.15) is 0 Å². The number of carbonyl (C=O) groups excluding carboxylic acids is 1. The van der Waals surface area contributed by atoms with Crippen LogP contribution in [0.5, 0.6) is 11.5 Å². The molecule has 1 saturated heterocycles. The first-order chi connectivity index (χ1) is 12.1. The number of nitrogens with one attached hydrogen (secondary N) is 1. The molecule has 6 heteroatoms. The predicted octanol–water partition coefficient (Wildman–Crippen LogP) is 2.05. The van der Waals surface area contributed by atoms with Gasteiger partial charge in [-0.05, 0) is 30.5 Å². The van der Waals surface area contributed by atoms with E-state index in [9.17, 15) is 4.79 Å². The minimum absolute atomic E-state index is 0.0507. The number of benzene rings is 1. The normalized spacial score (nSPS) is 24.9. The van der Waals surface area contributed by atoms with E-state index in [2.05, 4.69) is 5.32 Å². The standard InChI is InChI=1S/C19H27NO5/c1-22-15-7-6-13(10-16(15)23-2)19(8-4-5-9-19)18(21)20-14-11-25-12-17(14)24-3/h6-7,10,14,17H,4-5,8-9,11-12H2,1-3H3,(H,20,21)/t14-,17-/m0/s1. The average Bonchev–Trinajstić information content (AvgIpc) is 3.30. The maximum Gasteiger partial charge on any atom is 0.231 e. The summed E-state index contributed by atoms with van der Waals surface area (Å²) in [5.74, 6) is 1.37. The van der Waals surface area contributed by atoms with Crippen molar-refractivity contribution in [2.45, 2.75) is 43.2 Å². The van der Waals surface area contributed by atoms with Crippen LogP contribution in [0.4, 0.5) is 0 Å². The molecule has 3 rings (SSSR count). The Bertz CT molecular complexity index is 612. The van der Waals surface area contributed by atoms with Gasteiger partial charge in [0.2, 0.25) is 5.91 Å². The lowest BCUT2D eigenvalue weighted by Gasteiger charge is -2.31. The molecular formula is C19H27NO5. The lowest BCUT2D eigenvalue weighted by atomic mass is 9.77. The Morgan fingerprint density at radius 1 is 1.12 bits per heavy atom. The Balaban J connectivity index is 1.87. The highest BCUT2D eigenvalue weighted by Crippen LogP contribution is 2.44. The van der Waals surface area contributed by atoms with Crippen LogP contribution in [0.15, 0.2) is 18.2 Å². The predicted molar refractivity (Wildman–Crippen MR) is 93.2 cm³/mol. The smallest absolute Gasteiger partial charge is 0.231 e. The van der Waals surface area contributed by atoms with Crippen molar-refractivity contribution in [3.05, 3.63) is 23.8 Å². The van der Waals surface area contributed by atoms with Crippen LogP contribution >= 0.6 is 0 Å². The molecule has 1 aliphatic carbocycles. The summed E-state index contributed by atoms with van der Waals surface area (Å²) in [6.07, 6.45) is 3.65. The van der Waals surface area contributed by atoms with E-state index in [1.807, 2.05) is 18.2 Å². The van der Waals surface area contributed by atoms with Crippen molar-refractivity contribution in [2.75, 3.05) is 34.5 Å². The average molecular weight is 349 g/mol. The number of carbonyl (C=O) groups is 1. The lowest BCUT2D eigenvalue weighted by Crippen LogP contribution is -2.51. The van der Waals surface area contributed by atoms with Crippen LogP contribution in [0.3, 0.4) is 0 Å². The fourth-order valence-electron chi connectivity index (χ4n) is 3.97. The highest BCUT2D eigenvalue weighted by Gasteiger charge is 2.45. The Morgan fingerprint density at radius 3 is 2.48 bits per heavy atom. The summed E-state index contributed by atoms with van der Waals surface area (Å²) in [7, 11) is 4.88. The second-order valence-electron chi connectivity index (χ2n) is 6.75. The first kappa shape index (κ1) is 18.0. The van der Waals surface area contributed by atoms with E-state index in [-0.39, 0.29) is 18.1 Å². The molecule has 138 valence electrons. The van der Waals surface area contributed by atoms with E-state index >= 15 is 0 Å². The summed E-state index contributed by atoms with van der Waals surface area (Å²) in [5, 5.41) is 3.17. The summed E-state index contributed by atoms with van der Waals surface area (Å²) in [6, 6.07) is 5.68. The Labute approximate surface area is 148 Å². The number of rotatable bonds is 6. The second-order valence-corrected chi connectivity index (χ2v) is 6.75. The van der Waals surface area contributed by atoms with E-state index in [1.54, 1.807) is 21.3 Å². The van der Waals surface area contributed by atoms with E-state index < -0.39 is 5.41 Å². The fourth-order valence-corrected chi connectivity index (χ4v) is 3.97. The van der Waals surface area contributed by atoms with Gasteiger partial charge in [-0.1, -0.05) is 18.9 Å². The van der Waals surface area contributed by atoms with Gasteiger partial charge < -0.3 is 24.3 Å². The van der Waals surface area contributed by atoms with Crippen molar-refractivity contribution in [3.63, 3.8) is 0 Å². The van der Waals surface area contributed by atoms with Crippen molar-refractivity contribution in [2.24, 2.45) is 0 Å². The van der Waals surface area contributed by atoms with E-state index in [0.29, 0.717) is 24.7 Å². The largest absolute Gasteiger partial charge is 0.493 e. The molecule has 0 bridgehead atoms. The van der Waals surface area contributed by atoms with Gasteiger partial charge in [0.05, 0.1) is 38.9 Å². The van der Waals surface area contributed by atoms with Crippen molar-refractivity contribution in [1.29, 1.82) is 0 Å². The molecule has 2 aliphatic rings. The third-order valence-electron chi connectivity index (χ3n) is 5.48. The van der Waals surface area contributed by atoms with Gasteiger partial charge in [0.25, 0.3) is 0 Å². The fraction of sp³-hybridized carbons (Fsp3) is 0.632. The van der Waals surface area contributed by atoms with Crippen molar-refractivity contribution < 1.29 is 23.7 Å². The van der Waals surface area contributed by atoms with Crippen LogP contribution in [0.1, 0.15) is 31.2 Å². The summed E-state index contributed by atoms with van der Waals surface area (Å²) in [4.78, 5) is 13.2. The zero-order valence-corrected chi connectivity index (χ0v) is 15.2. The topological polar surface area (TPSA) is 66.0 Å². The third kappa shape index (κ3) is 3.33. The van der Waals surface area contributed by atoms with Crippen LogP contribution < -0.4 is 14.8 Å². The molecule has 1 N–H and O–H groups in total. The molecule has 2 atom stereocenters. The number of hydrogen-bond acceptors (Lipinski definition) is 5. The van der Waals surface area contributed by atoms with Gasteiger partial charge in [-0.15, -0.1) is 0 Å². The van der Waals surface area contributed by atoms with Gasteiger partial charge in [0.15, 0.2) is 11.5 Å². The van der Waals surface area contributed by atoms with Gasteiger partial charge in [-0.3, -0.25) is 4.79 Å². The highest BCUT2D eigenvalue weighted by atomic mass is 16.5. The molecule has 0 radical (unpaired) electrons. The van der Waals surface area contributed by atoms with Crippen LogP contribution in [-0.4, -0.2) is 52.6 Å². The minimum Gasteiger partial charge on any atom is -0.493 e. The van der Waals surface area contributed by atoms with Crippen LogP contribution in [0.25, 0.3) is 0 Å². The van der Waals surface area contributed by atoms with E-state index in [4.69, 9.17) is 18.9 Å². The molecule has 25 heavy (non-hydrogen) atoms. The SMILES string of the molecule is COc1ccc(C2(C(=O)N[C@H]3COC[C@@H]3OC)CCCC2)cc1OC. The maximum atomic E-state index is 13.2. The van der Waals surface area contributed by atoms with Gasteiger partial charge in [0, 0.05) is 7.11 Å². The third-order valence-corrected chi connectivity index (χ3v) is 5.48. The molecule has 1 aliphatic heterocycles. The minimum atomic E-state index is -0.527. The zero-order valence-electron chi connectivity index (χ0n) is 15.2. The second kappa shape index (κ2) is 7.62. The Morgan fingerprint density at radius 2 is 1.84 bits per heavy atom. The Kier molecular flexibility index (Phi) is 5.49. The molecule has 0 spiro atoms. The molecule has 1 heterocycles. The van der Waals surface area contributed by atoms with Crippen LogP contribution in [0.2, 0.25) is 0 Å². The number of methoxy groups -OCH3 is 3.